The number of esters is 1. The molecule has 0 bridgehead atoms. The van der Waals surface area contributed by atoms with E-state index in [2.05, 4.69) is 9.46 Å². The van der Waals surface area contributed by atoms with Crippen LogP contribution in [0.25, 0.3) is 0 Å². The van der Waals surface area contributed by atoms with Crippen LogP contribution in [-0.4, -0.2) is 39.7 Å². The number of hydrogen-bond donors (Lipinski definition) is 1. The van der Waals surface area contributed by atoms with Crippen LogP contribution in [0.4, 0.5) is 0 Å². The fourth-order valence-electron chi connectivity index (χ4n) is 1.31. The van der Waals surface area contributed by atoms with E-state index in [4.69, 9.17) is 16.3 Å². The summed E-state index contributed by atoms with van der Waals surface area (Å²) in [7, 11) is -2.67. The zero-order valence-corrected chi connectivity index (χ0v) is 14.6. The van der Waals surface area contributed by atoms with Gasteiger partial charge < -0.3 is 9.47 Å². The summed E-state index contributed by atoms with van der Waals surface area (Å²) in [4.78, 5) is 11.7. The predicted molar refractivity (Wildman–Crippen MR) is 81.2 cm³/mol. The van der Waals surface area contributed by atoms with E-state index < -0.39 is 27.6 Å². The highest BCUT2D eigenvalue weighted by molar-refractivity contribution is 7.91. The van der Waals surface area contributed by atoms with Crippen LogP contribution in [0, 0.1) is 0 Å². The van der Waals surface area contributed by atoms with Gasteiger partial charge in [-0.1, -0.05) is 11.6 Å². The summed E-state index contributed by atoms with van der Waals surface area (Å²) < 4.78 is 37.0. The van der Waals surface area contributed by atoms with E-state index in [1.54, 1.807) is 20.8 Å². The summed E-state index contributed by atoms with van der Waals surface area (Å²) in [6.07, 6.45) is 0. The van der Waals surface area contributed by atoms with Crippen LogP contribution in [0.15, 0.2) is 16.3 Å². The van der Waals surface area contributed by atoms with Crippen molar-refractivity contribution < 1.29 is 22.7 Å². The normalized spacial score (nSPS) is 14.0. The van der Waals surface area contributed by atoms with Gasteiger partial charge in [0.05, 0.1) is 23.7 Å². The van der Waals surface area contributed by atoms with Crippen molar-refractivity contribution in [2.24, 2.45) is 0 Å². The van der Waals surface area contributed by atoms with E-state index in [9.17, 15) is 13.2 Å². The fraction of sp³-hybridized carbons (Fsp3) is 0.583. The standard InChI is InChI=1S/C12H18ClNO5S2/c1-12(2,3)19-7-8(11(15)18-4)14-21(16,17)10-6-5-9(13)20-10/h5-6,8,14H,7H2,1-4H3. The second kappa shape index (κ2) is 7.06. The van der Waals surface area contributed by atoms with Crippen LogP contribution in [-0.2, 0) is 24.3 Å². The Labute approximate surface area is 133 Å². The van der Waals surface area contributed by atoms with E-state index in [1.807, 2.05) is 0 Å². The fourth-order valence-corrected chi connectivity index (χ4v) is 3.98. The van der Waals surface area contributed by atoms with Gasteiger partial charge in [-0.25, -0.2) is 8.42 Å². The van der Waals surface area contributed by atoms with Crippen molar-refractivity contribution in [2.75, 3.05) is 13.7 Å². The molecule has 0 aromatic carbocycles. The van der Waals surface area contributed by atoms with Crippen molar-refractivity contribution >= 4 is 38.9 Å². The Morgan fingerprint density at radius 1 is 1.43 bits per heavy atom. The lowest BCUT2D eigenvalue weighted by atomic mass is 10.2. The van der Waals surface area contributed by atoms with Gasteiger partial charge >= 0.3 is 5.97 Å². The number of halogens is 1. The van der Waals surface area contributed by atoms with Gasteiger partial charge in [0, 0.05) is 0 Å². The molecule has 1 aromatic rings. The molecule has 0 spiro atoms. The maximum absolute atomic E-state index is 12.2. The first kappa shape index (κ1) is 18.4. The summed E-state index contributed by atoms with van der Waals surface area (Å²) in [5.41, 5.74) is -0.510. The number of methoxy groups -OCH3 is 1. The summed E-state index contributed by atoms with van der Waals surface area (Å²) in [5.74, 6) is -0.717. The van der Waals surface area contributed by atoms with Crippen LogP contribution >= 0.6 is 22.9 Å². The first-order valence-corrected chi connectivity index (χ1v) is 8.72. The van der Waals surface area contributed by atoms with Crippen molar-refractivity contribution in [1.82, 2.24) is 4.72 Å². The molecular formula is C12H18ClNO5S2. The van der Waals surface area contributed by atoms with E-state index in [0.717, 1.165) is 11.3 Å². The molecule has 0 fully saturated rings. The summed E-state index contributed by atoms with van der Waals surface area (Å²) in [5, 5.41) is 0. The minimum atomic E-state index is -3.86. The number of carbonyl (C=O) groups is 1. The highest BCUT2D eigenvalue weighted by atomic mass is 35.5. The van der Waals surface area contributed by atoms with Crippen molar-refractivity contribution in [3.8, 4) is 0 Å². The van der Waals surface area contributed by atoms with Gasteiger partial charge in [-0.15, -0.1) is 11.3 Å². The molecular weight excluding hydrogens is 338 g/mol. The molecule has 9 heteroatoms. The largest absolute Gasteiger partial charge is 0.468 e. The first-order chi connectivity index (χ1) is 9.55. The van der Waals surface area contributed by atoms with Gasteiger partial charge in [-0.05, 0) is 32.9 Å². The zero-order valence-electron chi connectivity index (χ0n) is 12.2. The summed E-state index contributed by atoms with van der Waals surface area (Å²) >= 11 is 6.63. The van der Waals surface area contributed by atoms with Crippen molar-refractivity contribution in [3.05, 3.63) is 16.5 Å². The Bertz CT molecular complexity index is 591. The van der Waals surface area contributed by atoms with Gasteiger partial charge in [0.2, 0.25) is 0 Å². The van der Waals surface area contributed by atoms with E-state index >= 15 is 0 Å². The Kier molecular flexibility index (Phi) is 6.18. The third kappa shape index (κ3) is 5.91. The van der Waals surface area contributed by atoms with Crippen LogP contribution in [0.3, 0.4) is 0 Å². The second-order valence-electron chi connectivity index (χ2n) is 5.18. The molecule has 0 radical (unpaired) electrons. The van der Waals surface area contributed by atoms with Crippen LogP contribution < -0.4 is 4.72 Å². The van der Waals surface area contributed by atoms with Gasteiger partial charge in [-0.2, -0.15) is 4.72 Å². The molecule has 1 heterocycles. The molecule has 0 saturated carbocycles. The highest BCUT2D eigenvalue weighted by Gasteiger charge is 2.29. The number of rotatable bonds is 6. The highest BCUT2D eigenvalue weighted by Crippen LogP contribution is 2.25. The molecule has 21 heavy (non-hydrogen) atoms. The molecule has 6 nitrogen and oxygen atoms in total. The lowest BCUT2D eigenvalue weighted by Gasteiger charge is -2.23. The average Bonchev–Trinajstić information content (AvgIpc) is 2.80. The predicted octanol–water partition coefficient (Wildman–Crippen LogP) is 2.04. The Morgan fingerprint density at radius 3 is 2.48 bits per heavy atom. The maximum Gasteiger partial charge on any atom is 0.326 e. The van der Waals surface area contributed by atoms with Crippen LogP contribution in [0.5, 0.6) is 0 Å². The van der Waals surface area contributed by atoms with Crippen molar-refractivity contribution in [3.63, 3.8) is 0 Å². The Balaban J connectivity index is 2.88. The SMILES string of the molecule is COC(=O)C(COC(C)(C)C)NS(=O)(=O)c1ccc(Cl)s1. The summed E-state index contributed by atoms with van der Waals surface area (Å²) in [6.45, 7) is 5.27. The number of carbonyl (C=O) groups excluding carboxylic acids is 1. The topological polar surface area (TPSA) is 81.7 Å². The van der Waals surface area contributed by atoms with E-state index in [0.29, 0.717) is 4.34 Å². The Hall–Kier alpha value is -0.670. The van der Waals surface area contributed by atoms with Gasteiger partial charge in [0.1, 0.15) is 10.3 Å². The molecule has 0 aliphatic carbocycles. The monoisotopic (exact) mass is 355 g/mol. The quantitative estimate of drug-likeness (QED) is 0.789. The molecule has 0 aliphatic heterocycles. The molecule has 1 atom stereocenters. The first-order valence-electron chi connectivity index (χ1n) is 6.04. The van der Waals surface area contributed by atoms with Gasteiger partial charge in [0.15, 0.2) is 0 Å². The third-order valence-corrected chi connectivity index (χ3v) is 5.47. The average molecular weight is 356 g/mol. The minimum absolute atomic E-state index is 0.0251. The zero-order chi connectivity index (χ0) is 16.3. The Morgan fingerprint density at radius 2 is 2.05 bits per heavy atom. The number of sulfonamides is 1. The minimum Gasteiger partial charge on any atom is -0.468 e. The van der Waals surface area contributed by atoms with Crippen LogP contribution in [0.1, 0.15) is 20.8 Å². The lowest BCUT2D eigenvalue weighted by Crippen LogP contribution is -2.45. The van der Waals surface area contributed by atoms with Gasteiger partial charge in [-0.3, -0.25) is 4.79 Å². The van der Waals surface area contributed by atoms with Crippen LogP contribution in [0.2, 0.25) is 4.34 Å². The maximum atomic E-state index is 12.2. The van der Waals surface area contributed by atoms with Crippen molar-refractivity contribution in [1.29, 1.82) is 0 Å². The smallest absolute Gasteiger partial charge is 0.326 e. The van der Waals surface area contributed by atoms with E-state index in [1.165, 1.54) is 19.2 Å². The molecule has 0 amide bonds. The number of thiophene rings is 1. The van der Waals surface area contributed by atoms with Crippen molar-refractivity contribution in [2.45, 2.75) is 36.6 Å². The molecule has 0 saturated heterocycles. The molecule has 1 rings (SSSR count). The number of nitrogens with one attached hydrogen (secondary N) is 1. The lowest BCUT2D eigenvalue weighted by molar-refractivity contribution is -0.145. The molecule has 120 valence electrons. The summed E-state index contributed by atoms with van der Waals surface area (Å²) in [6, 6.07) is 1.72. The third-order valence-electron chi connectivity index (χ3n) is 2.28. The van der Waals surface area contributed by atoms with E-state index in [-0.39, 0.29) is 10.8 Å². The molecule has 1 unspecified atom stereocenters. The number of hydrogen-bond acceptors (Lipinski definition) is 6. The molecule has 0 aliphatic rings. The second-order valence-corrected chi connectivity index (χ2v) is 8.83. The molecule has 1 aromatic heterocycles. The number of ether oxygens (including phenoxy) is 2. The molecule has 1 N–H and O–H groups in total. The van der Waals surface area contributed by atoms with Gasteiger partial charge in [0.25, 0.3) is 10.0 Å².